The van der Waals surface area contributed by atoms with Crippen LogP contribution in [0.15, 0.2) is 82.7 Å². The van der Waals surface area contributed by atoms with Crippen molar-refractivity contribution < 1.29 is 23.9 Å². The molecule has 44 heavy (non-hydrogen) atoms. The van der Waals surface area contributed by atoms with Crippen LogP contribution in [0.2, 0.25) is 0 Å². The van der Waals surface area contributed by atoms with Gasteiger partial charge in [0, 0.05) is 43.8 Å². The van der Waals surface area contributed by atoms with E-state index in [1.807, 2.05) is 23.1 Å². The Balaban J connectivity index is 1.24. The predicted molar refractivity (Wildman–Crippen MR) is 164 cm³/mol. The third-order valence-electron chi connectivity index (χ3n) is 8.46. The first kappa shape index (κ1) is 29.2. The number of nitrogens with zero attached hydrogens (tertiary/aromatic N) is 4. The second-order valence-corrected chi connectivity index (χ2v) is 11.7. The summed E-state index contributed by atoms with van der Waals surface area (Å²) in [5, 5.41) is 13.7. The molecule has 6 rings (SSSR count). The van der Waals surface area contributed by atoms with Gasteiger partial charge in [-0.25, -0.2) is 9.37 Å². The third kappa shape index (κ3) is 5.84. The lowest BCUT2D eigenvalue weighted by Crippen LogP contribution is -2.46. The van der Waals surface area contributed by atoms with E-state index < -0.39 is 17.4 Å². The van der Waals surface area contributed by atoms with E-state index in [1.165, 1.54) is 34.4 Å². The molecule has 0 spiro atoms. The number of aryl methyl sites for hydroxylation is 1. The normalized spacial score (nSPS) is 19.6. The van der Waals surface area contributed by atoms with Gasteiger partial charge in [0.05, 0.1) is 22.3 Å². The molecule has 1 aromatic heterocycles. The second-order valence-electron chi connectivity index (χ2n) is 11.7. The van der Waals surface area contributed by atoms with Crippen LogP contribution in [0.1, 0.15) is 61.9 Å². The monoisotopic (exact) mass is 596 g/mol. The number of rotatable bonds is 9. The number of benzene rings is 3. The van der Waals surface area contributed by atoms with Gasteiger partial charge >= 0.3 is 5.97 Å². The van der Waals surface area contributed by atoms with Crippen molar-refractivity contribution in [2.75, 3.05) is 13.1 Å². The molecular weight excluding hydrogens is 563 g/mol. The minimum atomic E-state index is -1.13. The molecule has 0 radical (unpaired) electrons. The molecule has 0 saturated carbocycles. The molecule has 4 aromatic rings. The van der Waals surface area contributed by atoms with E-state index in [9.17, 15) is 18.8 Å². The number of unbranched alkanes of at least 4 members (excludes halogenated alkanes) is 1. The topological polar surface area (TPSA) is 114 Å². The molecule has 226 valence electrons. The zero-order chi connectivity index (χ0) is 30.8. The van der Waals surface area contributed by atoms with Crippen LogP contribution in [0, 0.1) is 5.82 Å². The average molecular weight is 597 g/mol. The molecule has 1 saturated heterocycles. The summed E-state index contributed by atoms with van der Waals surface area (Å²) in [6.07, 6.45) is 2.48. The Kier molecular flexibility index (Phi) is 7.99. The molecule has 1 N–H and O–H groups in total. The first-order valence-corrected chi connectivity index (χ1v) is 14.8. The Hall–Kier alpha value is -4.86. The molecule has 10 heteroatoms. The highest BCUT2D eigenvalue weighted by Crippen LogP contribution is 2.34. The van der Waals surface area contributed by atoms with Crippen molar-refractivity contribution in [3.63, 3.8) is 0 Å². The molecule has 9 nitrogen and oxygen atoms in total. The lowest BCUT2D eigenvalue weighted by atomic mass is 9.94. The number of fused-ring (bicyclic) bond motifs is 1. The molecule has 0 aliphatic carbocycles. The number of oxime groups is 1. The van der Waals surface area contributed by atoms with Crippen molar-refractivity contribution in [1.82, 2.24) is 14.5 Å². The summed E-state index contributed by atoms with van der Waals surface area (Å²) in [5.74, 6) is -0.672. The smallest absolute Gasteiger partial charge is 0.303 e. The van der Waals surface area contributed by atoms with Crippen molar-refractivity contribution >= 4 is 28.5 Å². The largest absolute Gasteiger partial charge is 0.481 e. The van der Waals surface area contributed by atoms with Crippen LogP contribution in [0.25, 0.3) is 16.6 Å². The maximum Gasteiger partial charge on any atom is 0.303 e. The lowest BCUT2D eigenvalue weighted by Gasteiger charge is -2.27. The summed E-state index contributed by atoms with van der Waals surface area (Å²) in [6, 6.07) is 21.0. The molecule has 1 fully saturated rings. The van der Waals surface area contributed by atoms with Gasteiger partial charge in [0.25, 0.3) is 11.5 Å². The van der Waals surface area contributed by atoms with Crippen LogP contribution in [0.3, 0.4) is 0 Å². The molecule has 0 bridgehead atoms. The summed E-state index contributed by atoms with van der Waals surface area (Å²) in [6.45, 7) is 3.05. The van der Waals surface area contributed by atoms with Gasteiger partial charge < -0.3 is 14.8 Å². The van der Waals surface area contributed by atoms with Crippen molar-refractivity contribution in [2.24, 2.45) is 5.16 Å². The fourth-order valence-corrected chi connectivity index (χ4v) is 6.08. The predicted octanol–water partition coefficient (Wildman–Crippen LogP) is 5.22. The quantitative estimate of drug-likeness (QED) is 0.265. The number of amides is 1. The number of aromatic nitrogens is 2. The van der Waals surface area contributed by atoms with Crippen molar-refractivity contribution in [3.8, 4) is 5.69 Å². The first-order valence-electron chi connectivity index (χ1n) is 14.8. The first-order chi connectivity index (χ1) is 21.2. The highest BCUT2D eigenvalue weighted by Gasteiger charge is 2.46. The Bertz CT molecular complexity index is 1800. The number of halogens is 1. The number of likely N-dealkylation sites (tertiary alicyclic amines) is 1. The molecule has 3 heterocycles. The Morgan fingerprint density at radius 3 is 2.59 bits per heavy atom. The van der Waals surface area contributed by atoms with E-state index in [1.54, 1.807) is 25.1 Å². The van der Waals surface area contributed by atoms with Crippen LogP contribution in [0.4, 0.5) is 4.39 Å². The number of aliphatic carboxylic acids is 1. The van der Waals surface area contributed by atoms with Crippen LogP contribution in [-0.2, 0) is 20.8 Å². The van der Waals surface area contributed by atoms with Crippen molar-refractivity contribution in [3.05, 3.63) is 106 Å². The zero-order valence-electron chi connectivity index (χ0n) is 24.4. The van der Waals surface area contributed by atoms with Gasteiger partial charge in [0.15, 0.2) is 0 Å². The van der Waals surface area contributed by atoms with E-state index in [0.29, 0.717) is 66.0 Å². The van der Waals surface area contributed by atoms with Gasteiger partial charge in [0.1, 0.15) is 11.6 Å². The van der Waals surface area contributed by atoms with Crippen molar-refractivity contribution in [2.45, 2.75) is 57.0 Å². The van der Waals surface area contributed by atoms with Gasteiger partial charge in [-0.2, -0.15) is 0 Å². The number of hydrogen-bond donors (Lipinski definition) is 1. The maximum absolute atomic E-state index is 13.7. The Morgan fingerprint density at radius 2 is 1.84 bits per heavy atom. The summed E-state index contributed by atoms with van der Waals surface area (Å²) >= 11 is 0. The number of carbonyl (C=O) groups excluding carboxylic acids is 1. The number of carboxylic acids is 1. The summed E-state index contributed by atoms with van der Waals surface area (Å²) in [5.41, 5.74) is 1.99. The van der Waals surface area contributed by atoms with Crippen LogP contribution >= 0.6 is 0 Å². The number of hydrogen-bond acceptors (Lipinski definition) is 6. The number of carbonyl (C=O) groups is 2. The average Bonchev–Trinajstić information content (AvgIpc) is 3.68. The van der Waals surface area contributed by atoms with Gasteiger partial charge in [-0.3, -0.25) is 19.0 Å². The van der Waals surface area contributed by atoms with Gasteiger partial charge in [0.2, 0.25) is 5.60 Å². The highest BCUT2D eigenvalue weighted by atomic mass is 19.1. The van der Waals surface area contributed by atoms with Crippen LogP contribution < -0.4 is 5.56 Å². The maximum atomic E-state index is 13.7. The molecule has 2 atom stereocenters. The standard InChI is InChI=1S/C34H33FN4O5/c1-34(33(43)38-18-17-24(21-38)22-7-3-2-4-8-22)20-29(37-44-34)23-11-16-27-28(19-23)36-30(9-5-6-10-31(40)41)39(32(27)42)26-14-12-25(35)13-15-26/h2-4,7-8,11-16,19,24H,5-6,9-10,17-18,20-21H2,1H3,(H,40,41)/t24-,34-/m0/s1. The van der Waals surface area contributed by atoms with E-state index >= 15 is 0 Å². The zero-order valence-corrected chi connectivity index (χ0v) is 24.4. The van der Waals surface area contributed by atoms with Crippen LogP contribution in [-0.4, -0.2) is 55.8 Å². The molecule has 0 unspecified atom stereocenters. The van der Waals surface area contributed by atoms with Gasteiger partial charge in [-0.05, 0) is 68.1 Å². The summed E-state index contributed by atoms with van der Waals surface area (Å²) < 4.78 is 15.1. The molecule has 2 aliphatic heterocycles. The minimum Gasteiger partial charge on any atom is -0.481 e. The van der Waals surface area contributed by atoms with E-state index in [0.717, 1.165) is 6.42 Å². The van der Waals surface area contributed by atoms with Crippen molar-refractivity contribution in [1.29, 1.82) is 0 Å². The Labute approximate surface area is 253 Å². The van der Waals surface area contributed by atoms with E-state index in [4.69, 9.17) is 14.9 Å². The fourth-order valence-electron chi connectivity index (χ4n) is 6.08. The van der Waals surface area contributed by atoms with E-state index in [-0.39, 0.29) is 30.2 Å². The molecule has 3 aromatic carbocycles. The summed E-state index contributed by atoms with van der Waals surface area (Å²) in [7, 11) is 0. The lowest BCUT2D eigenvalue weighted by molar-refractivity contribution is -0.152. The third-order valence-corrected chi connectivity index (χ3v) is 8.46. The van der Waals surface area contributed by atoms with Gasteiger partial charge in [-0.1, -0.05) is 41.6 Å². The highest BCUT2D eigenvalue weighted by molar-refractivity contribution is 6.07. The molecule has 1 amide bonds. The second kappa shape index (κ2) is 12.0. The van der Waals surface area contributed by atoms with E-state index in [2.05, 4.69) is 17.3 Å². The van der Waals surface area contributed by atoms with Gasteiger partial charge in [-0.15, -0.1) is 0 Å². The molecule has 2 aliphatic rings. The summed E-state index contributed by atoms with van der Waals surface area (Å²) in [4.78, 5) is 50.8. The SMILES string of the molecule is C[C@@]1(C(=O)N2CC[C@H](c3ccccc3)C2)CC(c2ccc3c(=O)n(-c4ccc(F)cc4)c(CCCCC(=O)O)nc3c2)=NO1. The Morgan fingerprint density at radius 1 is 1.07 bits per heavy atom. The number of carboxylic acid groups (broad SMARTS) is 1. The van der Waals surface area contributed by atoms with Crippen LogP contribution in [0.5, 0.6) is 0 Å². The fraction of sp³-hybridized carbons (Fsp3) is 0.324. The molecular formula is C34H33FN4O5. The minimum absolute atomic E-state index is 0.0140.